The van der Waals surface area contributed by atoms with Gasteiger partial charge in [0.15, 0.2) is 0 Å². The minimum absolute atomic E-state index is 0.0958. The number of rotatable bonds is 2. The topological polar surface area (TPSA) is 24.9 Å². The summed E-state index contributed by atoms with van der Waals surface area (Å²) >= 11 is 0. The number of fused-ring (bicyclic) bond motifs is 9. The molecule has 0 N–H and O–H groups in total. The van der Waals surface area contributed by atoms with Crippen LogP contribution in [0.2, 0.25) is 0 Å². The predicted molar refractivity (Wildman–Crippen MR) is 183 cm³/mol. The van der Waals surface area contributed by atoms with E-state index in [1.165, 1.54) is 77.4 Å². The molecule has 5 aromatic rings. The first kappa shape index (κ1) is 26.5. The van der Waals surface area contributed by atoms with Gasteiger partial charge in [-0.1, -0.05) is 52.0 Å². The molecular formula is C40H40N2O2. The highest BCUT2D eigenvalue weighted by molar-refractivity contribution is 6.00. The second-order valence-corrected chi connectivity index (χ2v) is 14.2. The maximum absolute atomic E-state index is 5.61. The van der Waals surface area contributed by atoms with Crippen molar-refractivity contribution in [2.75, 3.05) is 62.4 Å². The molecule has 0 bridgehead atoms. The molecule has 2 aliphatic carbocycles. The van der Waals surface area contributed by atoms with Gasteiger partial charge in [0.05, 0.1) is 26.4 Å². The van der Waals surface area contributed by atoms with Gasteiger partial charge in [-0.2, -0.15) is 0 Å². The molecule has 4 nitrogen and oxygen atoms in total. The Morgan fingerprint density at radius 2 is 0.864 bits per heavy atom. The monoisotopic (exact) mass is 580 g/mol. The van der Waals surface area contributed by atoms with E-state index >= 15 is 0 Å². The fourth-order valence-corrected chi connectivity index (χ4v) is 8.71. The van der Waals surface area contributed by atoms with Crippen LogP contribution >= 0.6 is 0 Å². The Bertz CT molecular complexity index is 1850. The number of hydrogen-bond acceptors (Lipinski definition) is 4. The van der Waals surface area contributed by atoms with E-state index in [4.69, 9.17) is 9.47 Å². The Morgan fingerprint density at radius 3 is 1.27 bits per heavy atom. The average Bonchev–Trinajstić information content (AvgIpc) is 3.41. The van der Waals surface area contributed by atoms with E-state index in [1.807, 2.05) is 0 Å². The first-order valence-corrected chi connectivity index (χ1v) is 16.3. The van der Waals surface area contributed by atoms with E-state index in [-0.39, 0.29) is 10.8 Å². The molecule has 9 rings (SSSR count). The van der Waals surface area contributed by atoms with Crippen LogP contribution in [-0.4, -0.2) is 52.6 Å². The van der Waals surface area contributed by atoms with E-state index in [1.54, 1.807) is 0 Å². The molecule has 0 atom stereocenters. The second-order valence-electron chi connectivity index (χ2n) is 14.2. The van der Waals surface area contributed by atoms with E-state index in [2.05, 4.69) is 110 Å². The van der Waals surface area contributed by atoms with Crippen molar-refractivity contribution >= 4 is 32.9 Å². The molecule has 5 aromatic carbocycles. The molecule has 4 aliphatic rings. The van der Waals surface area contributed by atoms with Gasteiger partial charge in [-0.15, -0.1) is 0 Å². The molecule has 0 radical (unpaired) electrons. The van der Waals surface area contributed by atoms with Gasteiger partial charge in [-0.3, -0.25) is 0 Å². The lowest BCUT2D eigenvalue weighted by Gasteiger charge is -2.31. The SMILES string of the molecule is CC1(C)c2cc3cc(N4CCOCC4)ccc3cc2-c2ccc3c(c21)C(C)(C)c1cc2cc(N4CCOCC4)ccc2cc1-3. The lowest BCUT2D eigenvalue weighted by Crippen LogP contribution is -2.36. The highest BCUT2D eigenvalue weighted by atomic mass is 16.5. The zero-order valence-corrected chi connectivity index (χ0v) is 26.3. The van der Waals surface area contributed by atoms with Crippen LogP contribution < -0.4 is 9.80 Å². The highest BCUT2D eigenvalue weighted by Gasteiger charge is 2.46. The maximum atomic E-state index is 5.61. The van der Waals surface area contributed by atoms with E-state index in [9.17, 15) is 0 Å². The van der Waals surface area contributed by atoms with Crippen LogP contribution in [0.5, 0.6) is 0 Å². The summed E-state index contributed by atoms with van der Waals surface area (Å²) in [4.78, 5) is 4.91. The number of anilines is 2. The molecule has 44 heavy (non-hydrogen) atoms. The summed E-state index contributed by atoms with van der Waals surface area (Å²) in [6, 6.07) is 28.7. The number of morpholine rings is 2. The fourth-order valence-electron chi connectivity index (χ4n) is 8.71. The summed E-state index contributed by atoms with van der Waals surface area (Å²) in [7, 11) is 0. The van der Waals surface area contributed by atoms with Crippen LogP contribution in [0.15, 0.2) is 72.8 Å². The number of ether oxygens (including phenoxy) is 2. The average molecular weight is 581 g/mol. The molecule has 222 valence electrons. The largest absolute Gasteiger partial charge is 0.378 e. The van der Waals surface area contributed by atoms with Gasteiger partial charge in [-0.05, 0) is 115 Å². The predicted octanol–water partition coefficient (Wildman–Crippen LogP) is 8.28. The molecule has 2 fully saturated rings. The molecule has 4 heteroatoms. The second kappa shape index (κ2) is 9.32. The standard InChI is InChI=1S/C40H40N2O2/c1-39(2)35-23-27-19-29(41-11-15-43-16-12-41)7-5-25(27)21-33(35)31-9-10-32-34-22-26-6-8-30(42-13-17-44-18-14-42)20-28(26)24-36(34)40(3,4)38(32)37(31)39/h5-10,19-24H,11-18H2,1-4H3. The van der Waals surface area contributed by atoms with Crippen LogP contribution in [0.1, 0.15) is 49.9 Å². The third kappa shape index (κ3) is 3.71. The van der Waals surface area contributed by atoms with E-state index < -0.39 is 0 Å². The summed E-state index contributed by atoms with van der Waals surface area (Å²) in [5.41, 5.74) is 13.9. The van der Waals surface area contributed by atoms with Crippen molar-refractivity contribution < 1.29 is 9.47 Å². The number of nitrogens with zero attached hydrogens (tertiary/aromatic N) is 2. The molecule has 2 heterocycles. The maximum Gasteiger partial charge on any atom is 0.0642 e. The number of benzene rings is 5. The lowest BCUT2D eigenvalue weighted by atomic mass is 9.72. The molecular weight excluding hydrogens is 540 g/mol. The van der Waals surface area contributed by atoms with Crippen LogP contribution in [-0.2, 0) is 20.3 Å². The zero-order valence-electron chi connectivity index (χ0n) is 26.3. The Balaban J connectivity index is 1.17. The zero-order chi connectivity index (χ0) is 29.8. The third-order valence-electron chi connectivity index (χ3n) is 11.1. The first-order chi connectivity index (χ1) is 21.3. The normalized spacial score (nSPS) is 19.6. The van der Waals surface area contributed by atoms with Crippen molar-refractivity contribution in [3.05, 3.63) is 95.1 Å². The van der Waals surface area contributed by atoms with Gasteiger partial charge in [0.1, 0.15) is 0 Å². The molecule has 2 saturated heterocycles. The highest BCUT2D eigenvalue weighted by Crippen LogP contribution is 2.59. The molecule has 0 aromatic heterocycles. The van der Waals surface area contributed by atoms with Crippen LogP contribution in [0.4, 0.5) is 11.4 Å². The molecule has 2 aliphatic heterocycles. The quantitative estimate of drug-likeness (QED) is 0.210. The minimum atomic E-state index is -0.0958. The van der Waals surface area contributed by atoms with Crippen LogP contribution in [0, 0.1) is 0 Å². The Kier molecular flexibility index (Phi) is 5.62. The van der Waals surface area contributed by atoms with Crippen molar-refractivity contribution in [2.24, 2.45) is 0 Å². The number of hydrogen-bond donors (Lipinski definition) is 0. The lowest BCUT2D eigenvalue weighted by molar-refractivity contribution is 0.122. The molecule has 0 spiro atoms. The summed E-state index contributed by atoms with van der Waals surface area (Å²) in [6.07, 6.45) is 0. The van der Waals surface area contributed by atoms with E-state index in [0.717, 1.165) is 52.6 Å². The van der Waals surface area contributed by atoms with Gasteiger partial charge < -0.3 is 19.3 Å². The molecule has 0 amide bonds. The summed E-state index contributed by atoms with van der Waals surface area (Å²) in [5, 5.41) is 5.29. The van der Waals surface area contributed by atoms with Crippen molar-refractivity contribution in [3.8, 4) is 22.3 Å². The summed E-state index contributed by atoms with van der Waals surface area (Å²) in [6.45, 7) is 16.8. The first-order valence-electron chi connectivity index (χ1n) is 16.3. The van der Waals surface area contributed by atoms with Crippen molar-refractivity contribution in [1.29, 1.82) is 0 Å². The van der Waals surface area contributed by atoms with Gasteiger partial charge >= 0.3 is 0 Å². The Hall–Kier alpha value is -3.86. The Morgan fingerprint density at radius 1 is 0.455 bits per heavy atom. The van der Waals surface area contributed by atoms with Crippen LogP contribution in [0.3, 0.4) is 0 Å². The molecule has 0 unspecified atom stereocenters. The van der Waals surface area contributed by atoms with Crippen molar-refractivity contribution in [3.63, 3.8) is 0 Å². The fraction of sp³-hybridized carbons (Fsp3) is 0.350. The van der Waals surface area contributed by atoms with Gasteiger partial charge in [0.25, 0.3) is 0 Å². The summed E-state index contributed by atoms with van der Waals surface area (Å²) in [5.74, 6) is 0. The van der Waals surface area contributed by atoms with Crippen LogP contribution in [0.25, 0.3) is 43.8 Å². The van der Waals surface area contributed by atoms with E-state index in [0.29, 0.717) is 0 Å². The third-order valence-corrected chi connectivity index (χ3v) is 11.1. The van der Waals surface area contributed by atoms with Crippen molar-refractivity contribution in [2.45, 2.75) is 38.5 Å². The van der Waals surface area contributed by atoms with Gasteiger partial charge in [0.2, 0.25) is 0 Å². The van der Waals surface area contributed by atoms with Gasteiger partial charge in [0, 0.05) is 48.4 Å². The minimum Gasteiger partial charge on any atom is -0.378 e. The van der Waals surface area contributed by atoms with Gasteiger partial charge in [-0.25, -0.2) is 0 Å². The van der Waals surface area contributed by atoms with Crippen molar-refractivity contribution in [1.82, 2.24) is 0 Å². The smallest absolute Gasteiger partial charge is 0.0642 e. The molecule has 0 saturated carbocycles. The summed E-state index contributed by atoms with van der Waals surface area (Å²) < 4.78 is 11.2. The Labute approximate surface area is 260 Å².